The average molecular weight is 265 g/mol. The van der Waals surface area contributed by atoms with Crippen molar-refractivity contribution in [2.24, 2.45) is 0 Å². The van der Waals surface area contributed by atoms with Gasteiger partial charge >= 0.3 is 0 Å². The molecule has 1 saturated carbocycles. The first-order valence-electron chi connectivity index (χ1n) is 7.15. The molecule has 0 amide bonds. The highest BCUT2D eigenvalue weighted by Crippen LogP contribution is 2.22. The highest BCUT2D eigenvalue weighted by atomic mass is 16.5. The normalized spacial score (nSPS) is 17.1. The molecule has 2 rings (SSSR count). The fourth-order valence-electron chi connectivity index (χ4n) is 2.34. The Hall–Kier alpha value is -1.36. The van der Waals surface area contributed by atoms with E-state index in [1.165, 1.54) is 25.7 Å². The van der Waals surface area contributed by atoms with Gasteiger partial charge in [0.05, 0.1) is 0 Å². The molecule has 2 N–H and O–H groups in total. The topological polar surface area (TPSA) is 70.3 Å². The van der Waals surface area contributed by atoms with Crippen LogP contribution in [-0.4, -0.2) is 22.7 Å². The molecule has 1 aliphatic carbocycles. The number of nitrogens with zero attached hydrogens (tertiary/aromatic N) is 2. The Bertz CT molecular complexity index is 390. The summed E-state index contributed by atoms with van der Waals surface area (Å²) in [5.74, 6) is 1.60. The Balaban J connectivity index is 1.99. The quantitative estimate of drug-likeness (QED) is 0.829. The molecule has 19 heavy (non-hydrogen) atoms. The van der Waals surface area contributed by atoms with Gasteiger partial charge in [0.1, 0.15) is 18.5 Å². The summed E-state index contributed by atoms with van der Waals surface area (Å²) in [6.45, 7) is 2.95. The molecule has 5 heteroatoms. The molecule has 0 saturated heterocycles. The highest BCUT2D eigenvalue weighted by Gasteiger charge is 2.15. The second kappa shape index (κ2) is 7.28. The Kier molecular flexibility index (Phi) is 5.39. The van der Waals surface area contributed by atoms with Crippen molar-refractivity contribution in [3.63, 3.8) is 0 Å². The second-order valence-electron chi connectivity index (χ2n) is 4.92. The first-order chi connectivity index (χ1) is 9.28. The number of hydrogen-bond acceptors (Lipinski definition) is 5. The van der Waals surface area contributed by atoms with Crippen LogP contribution in [0.15, 0.2) is 6.07 Å². The lowest BCUT2D eigenvalue weighted by Crippen LogP contribution is -2.17. The Labute approximate surface area is 114 Å². The van der Waals surface area contributed by atoms with E-state index in [0.717, 1.165) is 12.8 Å². The van der Waals surface area contributed by atoms with E-state index in [0.29, 0.717) is 30.7 Å². The van der Waals surface area contributed by atoms with Crippen LogP contribution >= 0.6 is 0 Å². The van der Waals surface area contributed by atoms with Gasteiger partial charge in [-0.05, 0) is 32.6 Å². The van der Waals surface area contributed by atoms with Crippen LogP contribution in [0.25, 0.3) is 0 Å². The van der Waals surface area contributed by atoms with E-state index in [1.807, 2.05) is 6.92 Å². The number of ether oxygens (including phenoxy) is 2. The Morgan fingerprint density at radius 1 is 1.21 bits per heavy atom. The van der Waals surface area contributed by atoms with Crippen LogP contribution in [0, 0.1) is 0 Å². The average Bonchev–Trinajstić information content (AvgIpc) is 2.64. The Morgan fingerprint density at radius 2 is 1.95 bits per heavy atom. The molecular formula is C14H23N3O2. The van der Waals surface area contributed by atoms with Crippen LogP contribution in [0.2, 0.25) is 0 Å². The van der Waals surface area contributed by atoms with Gasteiger partial charge in [0.25, 0.3) is 0 Å². The van der Waals surface area contributed by atoms with Crippen molar-refractivity contribution >= 4 is 5.82 Å². The van der Waals surface area contributed by atoms with Gasteiger partial charge in [-0.25, -0.2) is 4.98 Å². The van der Waals surface area contributed by atoms with E-state index in [9.17, 15) is 0 Å². The highest BCUT2D eigenvalue weighted by molar-refractivity contribution is 5.32. The van der Waals surface area contributed by atoms with E-state index in [4.69, 9.17) is 15.2 Å². The van der Waals surface area contributed by atoms with Crippen LogP contribution in [0.4, 0.5) is 5.82 Å². The molecule has 0 radical (unpaired) electrons. The van der Waals surface area contributed by atoms with E-state index >= 15 is 0 Å². The number of nitrogen functional groups attached to an aromatic ring is 1. The molecule has 0 bridgehead atoms. The van der Waals surface area contributed by atoms with Gasteiger partial charge in [-0.1, -0.05) is 12.8 Å². The van der Waals surface area contributed by atoms with Crippen LogP contribution in [0.1, 0.15) is 51.3 Å². The van der Waals surface area contributed by atoms with Gasteiger partial charge in [0.2, 0.25) is 5.88 Å². The zero-order valence-electron chi connectivity index (χ0n) is 11.6. The van der Waals surface area contributed by atoms with Crippen molar-refractivity contribution in [3.05, 3.63) is 11.9 Å². The van der Waals surface area contributed by atoms with Crippen molar-refractivity contribution in [1.82, 2.24) is 9.97 Å². The minimum Gasteiger partial charge on any atom is -0.474 e. The van der Waals surface area contributed by atoms with E-state index in [-0.39, 0.29) is 6.10 Å². The monoisotopic (exact) mass is 265 g/mol. The van der Waals surface area contributed by atoms with E-state index < -0.39 is 0 Å². The van der Waals surface area contributed by atoms with Crippen LogP contribution in [0.3, 0.4) is 0 Å². The van der Waals surface area contributed by atoms with E-state index in [2.05, 4.69) is 9.97 Å². The summed E-state index contributed by atoms with van der Waals surface area (Å²) in [4.78, 5) is 8.50. The third kappa shape index (κ3) is 4.67. The largest absolute Gasteiger partial charge is 0.474 e. The predicted molar refractivity (Wildman–Crippen MR) is 73.9 cm³/mol. The Morgan fingerprint density at radius 3 is 2.63 bits per heavy atom. The molecule has 0 unspecified atom stereocenters. The molecule has 0 atom stereocenters. The van der Waals surface area contributed by atoms with Gasteiger partial charge in [-0.15, -0.1) is 0 Å². The smallest absolute Gasteiger partial charge is 0.219 e. The van der Waals surface area contributed by atoms with E-state index in [1.54, 1.807) is 6.07 Å². The molecule has 1 aromatic heterocycles. The van der Waals surface area contributed by atoms with Gasteiger partial charge in [0, 0.05) is 12.7 Å². The van der Waals surface area contributed by atoms with Crippen molar-refractivity contribution in [1.29, 1.82) is 0 Å². The molecule has 0 spiro atoms. The zero-order valence-corrected chi connectivity index (χ0v) is 11.6. The predicted octanol–water partition coefficient (Wildman–Crippen LogP) is 2.70. The van der Waals surface area contributed by atoms with Crippen LogP contribution in [0.5, 0.6) is 5.88 Å². The van der Waals surface area contributed by atoms with Gasteiger partial charge < -0.3 is 15.2 Å². The molecule has 0 aliphatic heterocycles. The first-order valence-corrected chi connectivity index (χ1v) is 7.15. The maximum atomic E-state index is 5.95. The molecule has 106 valence electrons. The van der Waals surface area contributed by atoms with Gasteiger partial charge in [0.15, 0.2) is 5.82 Å². The standard InChI is InChI=1S/C14H23N3O2/c1-2-18-10-13-16-12(15)9-14(17-13)19-11-7-5-3-4-6-8-11/h9,11H,2-8,10H2,1H3,(H2,15,16,17). The molecule has 1 heterocycles. The number of anilines is 1. The molecule has 1 fully saturated rings. The number of aromatic nitrogens is 2. The lowest BCUT2D eigenvalue weighted by atomic mass is 10.1. The van der Waals surface area contributed by atoms with Crippen molar-refractivity contribution in [2.75, 3.05) is 12.3 Å². The summed E-state index contributed by atoms with van der Waals surface area (Å²) in [7, 11) is 0. The van der Waals surface area contributed by atoms with Crippen molar-refractivity contribution in [2.45, 2.75) is 58.2 Å². The summed E-state index contributed by atoms with van der Waals surface area (Å²) in [5, 5.41) is 0. The number of nitrogens with two attached hydrogens (primary N) is 1. The zero-order chi connectivity index (χ0) is 13.5. The second-order valence-corrected chi connectivity index (χ2v) is 4.92. The summed E-state index contributed by atoms with van der Waals surface area (Å²) in [5.41, 5.74) is 5.78. The molecular weight excluding hydrogens is 242 g/mol. The van der Waals surface area contributed by atoms with Crippen LogP contribution in [-0.2, 0) is 11.3 Å². The van der Waals surface area contributed by atoms with Crippen molar-refractivity contribution in [3.8, 4) is 5.88 Å². The SMILES string of the molecule is CCOCc1nc(N)cc(OC2CCCCCC2)n1. The maximum absolute atomic E-state index is 5.95. The fourth-order valence-corrected chi connectivity index (χ4v) is 2.34. The maximum Gasteiger partial charge on any atom is 0.219 e. The fraction of sp³-hybridized carbons (Fsp3) is 0.714. The summed E-state index contributed by atoms with van der Waals surface area (Å²) in [6, 6.07) is 1.69. The number of rotatable bonds is 5. The van der Waals surface area contributed by atoms with Gasteiger partial charge in [-0.3, -0.25) is 0 Å². The summed E-state index contributed by atoms with van der Waals surface area (Å²) >= 11 is 0. The van der Waals surface area contributed by atoms with Crippen molar-refractivity contribution < 1.29 is 9.47 Å². The third-order valence-electron chi connectivity index (χ3n) is 3.29. The van der Waals surface area contributed by atoms with Gasteiger partial charge in [-0.2, -0.15) is 4.98 Å². The molecule has 0 aromatic carbocycles. The summed E-state index contributed by atoms with van der Waals surface area (Å²) in [6.07, 6.45) is 7.54. The molecule has 5 nitrogen and oxygen atoms in total. The molecule has 1 aliphatic rings. The first kappa shape index (κ1) is 14.1. The summed E-state index contributed by atoms with van der Waals surface area (Å²) < 4.78 is 11.3. The lowest BCUT2D eigenvalue weighted by Gasteiger charge is -2.16. The molecule has 1 aromatic rings. The minimum atomic E-state index is 0.261. The van der Waals surface area contributed by atoms with Crippen LogP contribution < -0.4 is 10.5 Å². The minimum absolute atomic E-state index is 0.261. The number of hydrogen-bond donors (Lipinski definition) is 1. The lowest BCUT2D eigenvalue weighted by molar-refractivity contribution is 0.125. The third-order valence-corrected chi connectivity index (χ3v) is 3.29.